The van der Waals surface area contributed by atoms with Crippen molar-refractivity contribution in [3.8, 4) is 22.9 Å². The number of hydrogen-bond donors (Lipinski definition) is 0. The molecule has 0 saturated carbocycles. The third-order valence-electron chi connectivity index (χ3n) is 8.15. The number of carbonyl (C=O) groups is 1. The van der Waals surface area contributed by atoms with Gasteiger partial charge in [-0.1, -0.05) is 100 Å². The second-order valence-corrected chi connectivity index (χ2v) is 12.9. The number of amides is 1. The lowest BCUT2D eigenvalue weighted by molar-refractivity contribution is -0.0981. The van der Waals surface area contributed by atoms with Crippen LogP contribution in [0.5, 0.6) is 11.8 Å². The van der Waals surface area contributed by atoms with Gasteiger partial charge in [0.2, 0.25) is 11.8 Å². The molecule has 8 nitrogen and oxygen atoms in total. The molecule has 1 aromatic heterocycles. The number of aromatic nitrogens is 1. The first-order valence-corrected chi connectivity index (χ1v) is 18.1. The van der Waals surface area contributed by atoms with Crippen molar-refractivity contribution < 1.29 is 23.7 Å². The van der Waals surface area contributed by atoms with Gasteiger partial charge >= 0.3 is 6.09 Å². The van der Waals surface area contributed by atoms with Crippen molar-refractivity contribution in [2.45, 2.75) is 92.3 Å². The molecule has 0 unspecified atom stereocenters. The van der Waals surface area contributed by atoms with Crippen molar-refractivity contribution in [2.24, 2.45) is 0 Å². The second-order valence-electron chi connectivity index (χ2n) is 12.9. The van der Waals surface area contributed by atoms with Crippen LogP contribution in [0.25, 0.3) is 11.1 Å². The molecule has 2 aliphatic heterocycles. The van der Waals surface area contributed by atoms with Gasteiger partial charge < -0.3 is 28.7 Å². The predicted octanol–water partition coefficient (Wildman–Crippen LogP) is 9.56. The first-order valence-electron chi connectivity index (χ1n) is 18.1. The molecule has 1 amide bonds. The van der Waals surface area contributed by atoms with Crippen molar-refractivity contribution in [3.05, 3.63) is 108 Å². The molecule has 2 saturated heterocycles. The van der Waals surface area contributed by atoms with Crippen molar-refractivity contribution in [1.82, 2.24) is 9.88 Å². The van der Waals surface area contributed by atoms with Gasteiger partial charge in [0.25, 0.3) is 0 Å². The molecule has 8 heteroatoms. The largest absolute Gasteiger partial charge is 0.473 e. The molecule has 3 aromatic carbocycles. The first-order chi connectivity index (χ1) is 24.3. The maximum absolute atomic E-state index is 12.2. The summed E-state index contributed by atoms with van der Waals surface area (Å²) in [6.45, 7) is 17.6. The van der Waals surface area contributed by atoms with E-state index in [9.17, 15) is 4.79 Å². The van der Waals surface area contributed by atoms with Crippen LogP contribution >= 0.6 is 0 Å². The van der Waals surface area contributed by atoms with E-state index in [2.05, 4.69) is 29.2 Å². The number of benzene rings is 3. The van der Waals surface area contributed by atoms with Gasteiger partial charge in [0.1, 0.15) is 18.8 Å². The summed E-state index contributed by atoms with van der Waals surface area (Å²) in [7, 11) is 0. The maximum Gasteiger partial charge on any atom is 0.410 e. The molecule has 0 atom stereocenters. The van der Waals surface area contributed by atoms with E-state index in [1.165, 1.54) is 5.69 Å². The maximum atomic E-state index is 12.2. The third kappa shape index (κ3) is 11.2. The van der Waals surface area contributed by atoms with Gasteiger partial charge in [-0.2, -0.15) is 4.98 Å². The Balaban J connectivity index is 0.00000136. The average molecular weight is 682 g/mol. The Morgan fingerprint density at radius 2 is 1.28 bits per heavy atom. The molecule has 0 N–H and O–H groups in total. The molecule has 50 heavy (non-hydrogen) atoms. The average Bonchev–Trinajstić information content (AvgIpc) is 3.13. The lowest BCUT2D eigenvalue weighted by atomic mass is 10.0. The molecule has 3 heterocycles. The zero-order chi connectivity index (χ0) is 35.9. The highest BCUT2D eigenvalue weighted by atomic mass is 16.6. The Bertz CT molecular complexity index is 1560. The quantitative estimate of drug-likeness (QED) is 0.165. The molecule has 0 radical (unpaired) electrons. The highest BCUT2D eigenvalue weighted by Gasteiger charge is 2.36. The summed E-state index contributed by atoms with van der Waals surface area (Å²) in [5.74, 6) is 1.07. The summed E-state index contributed by atoms with van der Waals surface area (Å²) >= 11 is 0. The molecule has 0 aliphatic carbocycles. The van der Waals surface area contributed by atoms with Crippen LogP contribution in [0.3, 0.4) is 0 Å². The minimum absolute atomic E-state index is 0.0883. The number of carbonyl (C=O) groups excluding carboxylic acids is 1. The van der Waals surface area contributed by atoms with Crippen LogP contribution < -0.4 is 14.4 Å². The van der Waals surface area contributed by atoms with Crippen LogP contribution in [-0.2, 0) is 22.7 Å². The van der Waals surface area contributed by atoms with Gasteiger partial charge in [0, 0.05) is 30.4 Å². The predicted molar refractivity (Wildman–Crippen MR) is 202 cm³/mol. The number of likely N-dealkylation sites (tertiary alicyclic amines) is 1. The first kappa shape index (κ1) is 38.2. The Labute approximate surface area is 299 Å². The molecular weight excluding hydrogens is 626 g/mol. The summed E-state index contributed by atoms with van der Waals surface area (Å²) in [5, 5.41) is 0. The summed E-state index contributed by atoms with van der Waals surface area (Å²) in [5.41, 5.74) is 4.81. The molecule has 0 spiro atoms. The van der Waals surface area contributed by atoms with Gasteiger partial charge in [-0.3, -0.25) is 0 Å². The lowest BCUT2D eigenvalue weighted by Gasteiger charge is -2.42. The molecule has 2 fully saturated rings. The minimum atomic E-state index is -0.481. The summed E-state index contributed by atoms with van der Waals surface area (Å²) in [4.78, 5) is 21.1. The lowest BCUT2D eigenvalue weighted by Crippen LogP contribution is -2.57. The van der Waals surface area contributed by atoms with E-state index < -0.39 is 5.60 Å². The summed E-state index contributed by atoms with van der Waals surface area (Å²) in [6.07, 6.45) is 1.95. The van der Waals surface area contributed by atoms with E-state index in [0.29, 0.717) is 38.1 Å². The van der Waals surface area contributed by atoms with Crippen LogP contribution in [0.1, 0.15) is 72.4 Å². The second kappa shape index (κ2) is 19.0. The Kier molecular flexibility index (Phi) is 14.5. The van der Waals surface area contributed by atoms with Gasteiger partial charge in [-0.05, 0) is 68.5 Å². The van der Waals surface area contributed by atoms with E-state index >= 15 is 0 Å². The van der Waals surface area contributed by atoms with Crippen molar-refractivity contribution in [3.63, 3.8) is 0 Å². The molecule has 268 valence electrons. The zero-order valence-corrected chi connectivity index (χ0v) is 30.9. The van der Waals surface area contributed by atoms with Gasteiger partial charge in [0.15, 0.2) is 0 Å². The topological polar surface area (TPSA) is 73.4 Å². The van der Waals surface area contributed by atoms with E-state index in [4.69, 9.17) is 23.9 Å². The number of ether oxygens (including phenoxy) is 4. The van der Waals surface area contributed by atoms with Crippen molar-refractivity contribution >= 4 is 11.8 Å². The molecule has 2 aliphatic rings. The van der Waals surface area contributed by atoms with Gasteiger partial charge in [0.05, 0.1) is 25.3 Å². The Morgan fingerprint density at radius 3 is 1.84 bits per heavy atom. The van der Waals surface area contributed by atoms with E-state index in [1.807, 2.05) is 121 Å². The number of rotatable bonds is 10. The van der Waals surface area contributed by atoms with E-state index in [-0.39, 0.29) is 18.3 Å². The third-order valence-corrected chi connectivity index (χ3v) is 8.15. The van der Waals surface area contributed by atoms with Crippen LogP contribution in [-0.4, -0.2) is 60.0 Å². The summed E-state index contributed by atoms with van der Waals surface area (Å²) < 4.78 is 24.1. The van der Waals surface area contributed by atoms with Crippen molar-refractivity contribution in [1.29, 1.82) is 0 Å². The fourth-order valence-corrected chi connectivity index (χ4v) is 5.66. The van der Waals surface area contributed by atoms with Crippen LogP contribution in [0.4, 0.5) is 10.5 Å². The fourth-order valence-electron chi connectivity index (χ4n) is 5.66. The Morgan fingerprint density at radius 1 is 0.720 bits per heavy atom. The number of anilines is 1. The normalized spacial score (nSPS) is 14.7. The number of hydrogen-bond acceptors (Lipinski definition) is 7. The molecule has 6 rings (SSSR count). The van der Waals surface area contributed by atoms with Gasteiger partial charge in [-0.15, -0.1) is 0 Å². The number of piperidine rings is 1. The van der Waals surface area contributed by atoms with Crippen LogP contribution in [0.2, 0.25) is 0 Å². The highest BCUT2D eigenvalue weighted by Crippen LogP contribution is 2.33. The smallest absolute Gasteiger partial charge is 0.410 e. The number of nitrogens with zero attached hydrogens (tertiary/aromatic N) is 3. The van der Waals surface area contributed by atoms with E-state index in [1.54, 1.807) is 4.90 Å². The molecule has 0 bridgehead atoms. The zero-order valence-electron chi connectivity index (χ0n) is 30.9. The van der Waals surface area contributed by atoms with Crippen LogP contribution in [0, 0.1) is 0 Å². The standard InChI is InChI=1S/C38H43N3O5.2C2H6/c1-38(2,3)46-37(42)41-24-33(25-41)45-32-20-22-40(23-21-32)31-16-14-30(15-17-31)34-18-19-35(43-26-28-10-6-4-7-11-28)39-36(34)44-27-29-12-8-5-9-13-29;2*1-2/h4-19,32-33H,20-27H2,1-3H3;2*1-2H3. The van der Waals surface area contributed by atoms with Crippen molar-refractivity contribution in [2.75, 3.05) is 31.1 Å². The van der Waals surface area contributed by atoms with Gasteiger partial charge in [-0.25, -0.2) is 4.79 Å². The van der Waals surface area contributed by atoms with E-state index in [0.717, 1.165) is 48.2 Å². The molecular formula is C42H55N3O5. The highest BCUT2D eigenvalue weighted by molar-refractivity contribution is 5.71. The fraction of sp³-hybridized carbons (Fsp3) is 0.429. The number of pyridine rings is 1. The monoisotopic (exact) mass is 681 g/mol. The molecule has 4 aromatic rings. The minimum Gasteiger partial charge on any atom is -0.473 e. The Hall–Kier alpha value is -4.56. The van der Waals surface area contributed by atoms with Crippen LogP contribution in [0.15, 0.2) is 97.1 Å². The SMILES string of the molecule is CC.CC.CC(C)(C)OC(=O)N1CC(OC2CCN(c3ccc(-c4ccc(OCc5ccccc5)nc4OCc4ccccc4)cc3)CC2)C1. The summed E-state index contributed by atoms with van der Waals surface area (Å²) in [6, 6.07) is 32.7.